The van der Waals surface area contributed by atoms with Gasteiger partial charge in [0.15, 0.2) is 15.4 Å². The Labute approximate surface area is 210 Å². The second-order valence-corrected chi connectivity index (χ2v) is 11.6. The Morgan fingerprint density at radius 1 is 1.11 bits per heavy atom. The number of carbonyl (C=O) groups excluding carboxylic acids is 1. The number of nitrogens with zero attached hydrogens (tertiary/aromatic N) is 2. The summed E-state index contributed by atoms with van der Waals surface area (Å²) < 4.78 is 36.9. The molecule has 2 atom stereocenters. The Hall–Kier alpha value is -3.24. The number of sulfone groups is 1. The lowest BCUT2D eigenvalue weighted by molar-refractivity contribution is -0.122. The average molecular weight is 511 g/mol. The summed E-state index contributed by atoms with van der Waals surface area (Å²) in [5.41, 5.74) is 5.53. The molecule has 0 spiro atoms. The van der Waals surface area contributed by atoms with Gasteiger partial charge in [-0.1, -0.05) is 13.0 Å². The molecule has 2 N–H and O–H groups in total. The van der Waals surface area contributed by atoms with E-state index in [1.165, 1.54) is 6.26 Å². The minimum absolute atomic E-state index is 0.0402. The molecule has 0 bridgehead atoms. The summed E-state index contributed by atoms with van der Waals surface area (Å²) in [4.78, 5) is 16.3. The monoisotopic (exact) mass is 510 g/mol. The van der Waals surface area contributed by atoms with E-state index in [1.807, 2.05) is 37.3 Å². The van der Waals surface area contributed by atoms with Crippen LogP contribution in [0, 0.1) is 11.8 Å². The number of hydrogen-bond acceptors (Lipinski definition) is 8. The third-order valence-electron chi connectivity index (χ3n) is 6.84. The molecule has 0 radical (unpaired) electrons. The van der Waals surface area contributed by atoms with E-state index in [0.29, 0.717) is 29.2 Å². The Bertz CT molecular complexity index is 1390. The molecule has 1 fully saturated rings. The zero-order valence-electron chi connectivity index (χ0n) is 20.4. The first-order valence-electron chi connectivity index (χ1n) is 12.3. The van der Waals surface area contributed by atoms with E-state index < -0.39 is 15.3 Å². The molecule has 0 saturated carbocycles. The highest BCUT2D eigenvalue weighted by Gasteiger charge is 2.33. The van der Waals surface area contributed by atoms with Crippen molar-refractivity contribution < 1.29 is 22.4 Å². The molecular weight excluding hydrogens is 480 g/mol. The highest BCUT2D eigenvalue weighted by molar-refractivity contribution is 7.91. The number of nitrogens with one attached hydrogen (secondary N) is 2. The molecule has 1 amide bonds. The molecule has 190 valence electrons. The number of rotatable bonds is 7. The molecule has 2 aliphatic heterocycles. The van der Waals surface area contributed by atoms with Crippen LogP contribution in [-0.4, -0.2) is 49.8 Å². The maximum Gasteiger partial charge on any atom is 0.240 e. The number of hydrazone groups is 1. The first-order valence-corrected chi connectivity index (χ1v) is 14.2. The summed E-state index contributed by atoms with van der Waals surface area (Å²) in [6, 6.07) is 12.9. The number of oxazole rings is 1. The number of carbonyl (C=O) groups is 1. The van der Waals surface area contributed by atoms with Gasteiger partial charge in [0, 0.05) is 35.6 Å². The number of benzene rings is 2. The van der Waals surface area contributed by atoms with Crippen molar-refractivity contribution in [3.8, 4) is 17.2 Å². The zero-order valence-corrected chi connectivity index (χ0v) is 21.2. The Balaban J connectivity index is 1.36. The molecule has 9 nitrogen and oxygen atoms in total. The van der Waals surface area contributed by atoms with Gasteiger partial charge in [0.05, 0.1) is 5.71 Å². The fraction of sp³-hybridized carbons (Fsp3) is 0.423. The van der Waals surface area contributed by atoms with E-state index >= 15 is 0 Å². The van der Waals surface area contributed by atoms with Gasteiger partial charge in [-0.2, -0.15) is 5.10 Å². The van der Waals surface area contributed by atoms with Crippen molar-refractivity contribution in [2.45, 2.75) is 38.0 Å². The fourth-order valence-corrected chi connectivity index (χ4v) is 6.14. The average Bonchev–Trinajstić information content (AvgIpc) is 3.31. The van der Waals surface area contributed by atoms with E-state index in [0.717, 1.165) is 49.2 Å². The lowest BCUT2D eigenvalue weighted by Gasteiger charge is -2.29. The Kier molecular flexibility index (Phi) is 6.81. The van der Waals surface area contributed by atoms with Gasteiger partial charge >= 0.3 is 0 Å². The van der Waals surface area contributed by atoms with Gasteiger partial charge in [-0.05, 0) is 68.8 Å². The summed E-state index contributed by atoms with van der Waals surface area (Å²) in [6.45, 7) is 3.63. The van der Waals surface area contributed by atoms with Crippen LogP contribution in [0.15, 0.2) is 52.0 Å². The molecule has 2 aliphatic rings. The van der Waals surface area contributed by atoms with E-state index in [9.17, 15) is 13.2 Å². The highest BCUT2D eigenvalue weighted by atomic mass is 32.2. The van der Waals surface area contributed by atoms with Crippen molar-refractivity contribution in [3.05, 3.63) is 48.0 Å². The van der Waals surface area contributed by atoms with Gasteiger partial charge in [0.2, 0.25) is 17.2 Å². The maximum absolute atomic E-state index is 12.4. The summed E-state index contributed by atoms with van der Waals surface area (Å²) in [7, 11) is -3.38. The molecule has 10 heteroatoms. The number of fused-ring (bicyclic) bond motifs is 1. The second kappa shape index (κ2) is 10.0. The number of ether oxygens (including phenoxy) is 1. The van der Waals surface area contributed by atoms with Crippen LogP contribution in [0.2, 0.25) is 0 Å². The third-order valence-corrected chi connectivity index (χ3v) is 8.17. The van der Waals surface area contributed by atoms with Crippen LogP contribution in [0.25, 0.3) is 22.6 Å². The van der Waals surface area contributed by atoms with E-state index in [-0.39, 0.29) is 17.7 Å². The summed E-state index contributed by atoms with van der Waals surface area (Å²) in [5.74, 6) is 0.903. The highest BCUT2D eigenvalue weighted by Crippen LogP contribution is 2.30. The molecule has 3 heterocycles. The molecule has 3 aromatic rings. The molecule has 2 aromatic carbocycles. The molecule has 2 unspecified atom stereocenters. The van der Waals surface area contributed by atoms with Gasteiger partial charge in [0.1, 0.15) is 11.3 Å². The molecular formula is C26H30N4O5S. The summed E-state index contributed by atoms with van der Waals surface area (Å²) in [6.07, 6.45) is 3.99. The first kappa shape index (κ1) is 24.5. The third kappa shape index (κ3) is 5.15. The number of amides is 1. The molecule has 1 aromatic heterocycles. The van der Waals surface area contributed by atoms with Crippen molar-refractivity contribution in [1.29, 1.82) is 0 Å². The summed E-state index contributed by atoms with van der Waals surface area (Å²) >= 11 is 0. The minimum Gasteiger partial charge on any atom is -0.474 e. The molecule has 5 rings (SSSR count). The topological polar surface area (TPSA) is 123 Å². The SMILES string of the molecule is CCC1CC(=O)NN=C1c1ccc2nc(-c3ccc(OC(C4CCNCC4)S(C)(=O)=O)cc3)oc2c1. The van der Waals surface area contributed by atoms with Gasteiger partial charge < -0.3 is 14.5 Å². The van der Waals surface area contributed by atoms with Crippen LogP contribution in [0.5, 0.6) is 5.75 Å². The Morgan fingerprint density at radius 2 is 1.83 bits per heavy atom. The quantitative estimate of drug-likeness (QED) is 0.499. The molecule has 36 heavy (non-hydrogen) atoms. The largest absolute Gasteiger partial charge is 0.474 e. The van der Waals surface area contributed by atoms with Gasteiger partial charge in [0.25, 0.3) is 0 Å². The van der Waals surface area contributed by atoms with Gasteiger partial charge in [-0.15, -0.1) is 0 Å². The summed E-state index contributed by atoms with van der Waals surface area (Å²) in [5, 5.41) is 7.54. The van der Waals surface area contributed by atoms with E-state index in [1.54, 1.807) is 12.1 Å². The van der Waals surface area contributed by atoms with E-state index in [4.69, 9.17) is 9.15 Å². The van der Waals surface area contributed by atoms with Gasteiger partial charge in [-0.3, -0.25) is 4.79 Å². The van der Waals surface area contributed by atoms with Crippen molar-refractivity contribution in [2.24, 2.45) is 16.9 Å². The van der Waals surface area contributed by atoms with Crippen molar-refractivity contribution in [2.75, 3.05) is 19.3 Å². The van der Waals surface area contributed by atoms with Crippen LogP contribution < -0.4 is 15.5 Å². The maximum atomic E-state index is 12.4. The lowest BCUT2D eigenvalue weighted by Crippen LogP contribution is -2.41. The van der Waals surface area contributed by atoms with Crippen LogP contribution in [-0.2, 0) is 14.6 Å². The van der Waals surface area contributed by atoms with E-state index in [2.05, 4.69) is 20.8 Å². The zero-order chi connectivity index (χ0) is 25.3. The smallest absolute Gasteiger partial charge is 0.240 e. The van der Waals surface area contributed by atoms with Crippen molar-refractivity contribution >= 4 is 32.6 Å². The van der Waals surface area contributed by atoms with Gasteiger partial charge in [-0.25, -0.2) is 18.8 Å². The van der Waals surface area contributed by atoms with Crippen LogP contribution in [0.3, 0.4) is 0 Å². The second-order valence-electron chi connectivity index (χ2n) is 9.47. The van der Waals surface area contributed by atoms with Crippen LogP contribution in [0.1, 0.15) is 38.2 Å². The van der Waals surface area contributed by atoms with Crippen molar-refractivity contribution in [3.63, 3.8) is 0 Å². The number of piperidine rings is 1. The normalized spacial score (nSPS) is 20.1. The Morgan fingerprint density at radius 3 is 2.53 bits per heavy atom. The van der Waals surface area contributed by atoms with Crippen molar-refractivity contribution in [1.82, 2.24) is 15.7 Å². The molecule has 0 aliphatic carbocycles. The first-order chi connectivity index (χ1) is 17.3. The molecule has 1 saturated heterocycles. The lowest BCUT2D eigenvalue weighted by atomic mass is 9.90. The number of aromatic nitrogens is 1. The standard InChI is InChI=1S/C26H30N4O5S/c1-3-16-15-23(31)29-30-24(16)19-6-9-21-22(14-19)35-25(28-21)17-4-7-20(8-5-17)34-26(36(2,32)33)18-10-12-27-13-11-18/h4-9,14,16,18,26-27H,3,10-13,15H2,1-2H3,(H,29,31). The predicted octanol–water partition coefficient (Wildman–Crippen LogP) is 3.49. The van der Waals surface area contributed by atoms with Crippen LogP contribution in [0.4, 0.5) is 0 Å². The minimum atomic E-state index is -3.38. The predicted molar refractivity (Wildman–Crippen MR) is 137 cm³/mol. The number of hydrogen-bond donors (Lipinski definition) is 2. The van der Waals surface area contributed by atoms with Crippen LogP contribution >= 0.6 is 0 Å². The fourth-order valence-electron chi connectivity index (χ4n) is 4.89.